The minimum Gasteiger partial charge on any atom is -0.349 e. The lowest BCUT2D eigenvalue weighted by Gasteiger charge is -2.29. The third-order valence-electron chi connectivity index (χ3n) is 5.13. The standard InChI is InChI=1S/C18H20FN3O/c19-14-6-7-15-11(8-14)2-1-3-16(15)21-18(23)12-4-5-13-10-20-22-17(13)9-12/h6-8,10,12,16H,1-5,9H2,(H,20,22)(H,21,23). The number of hydrogen-bond donors (Lipinski definition) is 2. The fraction of sp³-hybridized carbons (Fsp3) is 0.444. The van der Waals surface area contributed by atoms with Crippen molar-refractivity contribution in [2.24, 2.45) is 5.92 Å². The molecule has 4 rings (SSSR count). The monoisotopic (exact) mass is 313 g/mol. The van der Waals surface area contributed by atoms with Gasteiger partial charge in [-0.3, -0.25) is 9.89 Å². The molecule has 1 amide bonds. The molecule has 0 fully saturated rings. The van der Waals surface area contributed by atoms with E-state index in [1.165, 1.54) is 11.6 Å². The maximum absolute atomic E-state index is 13.4. The summed E-state index contributed by atoms with van der Waals surface area (Å²) in [7, 11) is 0. The molecular weight excluding hydrogens is 293 g/mol. The Labute approximate surface area is 134 Å². The van der Waals surface area contributed by atoms with Crippen molar-refractivity contribution in [3.8, 4) is 0 Å². The molecule has 2 N–H and O–H groups in total. The smallest absolute Gasteiger partial charge is 0.223 e. The molecule has 5 heteroatoms. The van der Waals surface area contributed by atoms with Crippen LogP contribution in [0.1, 0.15) is 47.7 Å². The van der Waals surface area contributed by atoms with E-state index in [4.69, 9.17) is 0 Å². The number of nitrogens with zero attached hydrogens (tertiary/aromatic N) is 1. The van der Waals surface area contributed by atoms with Crippen LogP contribution in [0.15, 0.2) is 24.4 Å². The molecule has 1 heterocycles. The quantitative estimate of drug-likeness (QED) is 0.895. The van der Waals surface area contributed by atoms with Crippen molar-refractivity contribution in [2.75, 3.05) is 0 Å². The van der Waals surface area contributed by atoms with E-state index in [1.54, 1.807) is 6.07 Å². The lowest BCUT2D eigenvalue weighted by molar-refractivity contribution is -0.126. The Hall–Kier alpha value is -2.17. The number of H-pyrrole nitrogens is 1. The fourth-order valence-electron chi connectivity index (χ4n) is 3.85. The van der Waals surface area contributed by atoms with Gasteiger partial charge in [0.15, 0.2) is 0 Å². The highest BCUT2D eigenvalue weighted by Crippen LogP contribution is 2.31. The molecule has 120 valence electrons. The molecule has 0 bridgehead atoms. The number of carbonyl (C=O) groups is 1. The highest BCUT2D eigenvalue weighted by atomic mass is 19.1. The van der Waals surface area contributed by atoms with Crippen LogP contribution < -0.4 is 5.32 Å². The van der Waals surface area contributed by atoms with E-state index in [0.29, 0.717) is 0 Å². The van der Waals surface area contributed by atoms with Gasteiger partial charge in [0.2, 0.25) is 5.91 Å². The number of nitrogens with one attached hydrogen (secondary N) is 2. The lowest BCUT2D eigenvalue weighted by Crippen LogP contribution is -2.37. The minimum absolute atomic E-state index is 0.00576. The molecule has 0 aliphatic heterocycles. The Morgan fingerprint density at radius 1 is 1.26 bits per heavy atom. The molecule has 0 saturated heterocycles. The normalized spacial score (nSPS) is 23.0. The number of hydrogen-bond acceptors (Lipinski definition) is 2. The first-order valence-electron chi connectivity index (χ1n) is 8.30. The summed E-state index contributed by atoms with van der Waals surface area (Å²) in [6.07, 6.45) is 7.14. The Bertz CT molecular complexity index is 740. The zero-order valence-electron chi connectivity index (χ0n) is 12.9. The van der Waals surface area contributed by atoms with Gasteiger partial charge in [0.1, 0.15) is 5.82 Å². The topological polar surface area (TPSA) is 57.8 Å². The van der Waals surface area contributed by atoms with Crippen molar-refractivity contribution in [3.05, 3.63) is 52.6 Å². The fourth-order valence-corrected chi connectivity index (χ4v) is 3.85. The molecule has 2 aliphatic rings. The van der Waals surface area contributed by atoms with Crippen molar-refractivity contribution in [1.29, 1.82) is 0 Å². The van der Waals surface area contributed by atoms with Crippen molar-refractivity contribution in [3.63, 3.8) is 0 Å². The Morgan fingerprint density at radius 3 is 3.09 bits per heavy atom. The van der Waals surface area contributed by atoms with Gasteiger partial charge in [-0.2, -0.15) is 5.10 Å². The number of benzene rings is 1. The van der Waals surface area contributed by atoms with Gasteiger partial charge in [-0.05, 0) is 60.9 Å². The summed E-state index contributed by atoms with van der Waals surface area (Å²) in [5, 5.41) is 10.2. The number of aryl methyl sites for hydroxylation is 2. The summed E-state index contributed by atoms with van der Waals surface area (Å²) in [6.45, 7) is 0. The Kier molecular flexibility index (Phi) is 3.63. The number of aromatic nitrogens is 2. The van der Waals surface area contributed by atoms with Gasteiger partial charge in [0.25, 0.3) is 0 Å². The number of carbonyl (C=O) groups excluding carboxylic acids is 1. The van der Waals surface area contributed by atoms with E-state index in [0.717, 1.165) is 55.3 Å². The van der Waals surface area contributed by atoms with Crippen molar-refractivity contribution < 1.29 is 9.18 Å². The molecule has 0 spiro atoms. The average Bonchev–Trinajstić information content (AvgIpc) is 3.02. The molecule has 4 nitrogen and oxygen atoms in total. The van der Waals surface area contributed by atoms with E-state index < -0.39 is 0 Å². The molecule has 2 aromatic rings. The van der Waals surface area contributed by atoms with E-state index in [2.05, 4.69) is 15.5 Å². The van der Waals surface area contributed by atoms with Gasteiger partial charge >= 0.3 is 0 Å². The average molecular weight is 313 g/mol. The number of halogens is 1. The van der Waals surface area contributed by atoms with Crippen molar-refractivity contribution in [2.45, 2.75) is 44.6 Å². The number of fused-ring (bicyclic) bond motifs is 2. The summed E-state index contributed by atoms with van der Waals surface area (Å²) in [6, 6.07) is 4.92. The highest BCUT2D eigenvalue weighted by molar-refractivity contribution is 5.79. The number of amides is 1. The van der Waals surface area contributed by atoms with Crippen LogP contribution in [0.5, 0.6) is 0 Å². The molecular formula is C18H20FN3O. The molecule has 0 saturated carbocycles. The summed E-state index contributed by atoms with van der Waals surface area (Å²) < 4.78 is 13.4. The van der Waals surface area contributed by atoms with Crippen LogP contribution in [0.4, 0.5) is 4.39 Å². The maximum atomic E-state index is 13.4. The SMILES string of the molecule is O=C(NC1CCCc2cc(F)ccc21)C1CCc2cn[nH]c2C1. The van der Waals surface area contributed by atoms with E-state index in [-0.39, 0.29) is 23.7 Å². The van der Waals surface area contributed by atoms with E-state index >= 15 is 0 Å². The number of aromatic amines is 1. The Balaban J connectivity index is 1.48. The summed E-state index contributed by atoms with van der Waals surface area (Å²) in [4.78, 5) is 12.7. The van der Waals surface area contributed by atoms with Crippen molar-refractivity contribution in [1.82, 2.24) is 15.5 Å². The largest absolute Gasteiger partial charge is 0.349 e. The van der Waals surface area contributed by atoms with Crippen LogP contribution in [-0.2, 0) is 24.1 Å². The van der Waals surface area contributed by atoms with Crippen LogP contribution in [-0.4, -0.2) is 16.1 Å². The summed E-state index contributed by atoms with van der Waals surface area (Å²) >= 11 is 0. The third kappa shape index (κ3) is 2.76. The van der Waals surface area contributed by atoms with Crippen LogP contribution in [0.2, 0.25) is 0 Å². The van der Waals surface area contributed by atoms with Gasteiger partial charge in [-0.1, -0.05) is 6.07 Å². The van der Waals surface area contributed by atoms with E-state index in [9.17, 15) is 9.18 Å². The van der Waals surface area contributed by atoms with Crippen LogP contribution in [0.3, 0.4) is 0 Å². The van der Waals surface area contributed by atoms with Crippen LogP contribution >= 0.6 is 0 Å². The molecule has 2 unspecified atom stereocenters. The van der Waals surface area contributed by atoms with E-state index in [1.807, 2.05) is 12.3 Å². The third-order valence-corrected chi connectivity index (χ3v) is 5.13. The number of rotatable bonds is 2. The second-order valence-corrected chi connectivity index (χ2v) is 6.61. The molecule has 2 aliphatic carbocycles. The van der Waals surface area contributed by atoms with Gasteiger partial charge in [-0.15, -0.1) is 0 Å². The molecule has 2 atom stereocenters. The van der Waals surface area contributed by atoms with Crippen molar-refractivity contribution >= 4 is 5.91 Å². The molecule has 1 aromatic carbocycles. The van der Waals surface area contributed by atoms with Crippen LogP contribution in [0.25, 0.3) is 0 Å². The second kappa shape index (κ2) is 5.80. The first kappa shape index (κ1) is 14.4. The molecule has 23 heavy (non-hydrogen) atoms. The first-order valence-corrected chi connectivity index (χ1v) is 8.30. The predicted molar refractivity (Wildman–Crippen MR) is 84.3 cm³/mol. The minimum atomic E-state index is -0.199. The summed E-state index contributed by atoms with van der Waals surface area (Å²) in [5.41, 5.74) is 4.42. The predicted octanol–water partition coefficient (Wildman–Crippen LogP) is 2.85. The zero-order chi connectivity index (χ0) is 15.8. The Morgan fingerprint density at radius 2 is 2.17 bits per heavy atom. The lowest BCUT2D eigenvalue weighted by atomic mass is 9.85. The highest BCUT2D eigenvalue weighted by Gasteiger charge is 2.29. The zero-order valence-corrected chi connectivity index (χ0v) is 12.9. The van der Waals surface area contributed by atoms with Crippen LogP contribution in [0, 0.1) is 11.7 Å². The van der Waals surface area contributed by atoms with Gasteiger partial charge < -0.3 is 5.32 Å². The first-order chi connectivity index (χ1) is 11.2. The van der Waals surface area contributed by atoms with Gasteiger partial charge in [-0.25, -0.2) is 4.39 Å². The second-order valence-electron chi connectivity index (χ2n) is 6.61. The maximum Gasteiger partial charge on any atom is 0.223 e. The van der Waals surface area contributed by atoms with Gasteiger partial charge in [0, 0.05) is 18.0 Å². The molecule has 0 radical (unpaired) electrons. The summed E-state index contributed by atoms with van der Waals surface area (Å²) in [5.74, 6) is -0.101. The van der Waals surface area contributed by atoms with Gasteiger partial charge in [0.05, 0.1) is 12.2 Å². The molecule has 1 aromatic heterocycles.